The zero-order valence-corrected chi connectivity index (χ0v) is 13.6. The van der Waals surface area contributed by atoms with Gasteiger partial charge >= 0.3 is 0 Å². The summed E-state index contributed by atoms with van der Waals surface area (Å²) in [5.74, 6) is 1.34. The van der Waals surface area contributed by atoms with Gasteiger partial charge in [0, 0.05) is 17.1 Å². The number of para-hydroxylation sites is 1. The molecule has 120 valence electrons. The quantitative estimate of drug-likeness (QED) is 0.935. The minimum absolute atomic E-state index is 0.0264. The van der Waals surface area contributed by atoms with E-state index in [9.17, 15) is 4.79 Å². The molecule has 1 amide bonds. The maximum absolute atomic E-state index is 12.4. The summed E-state index contributed by atoms with van der Waals surface area (Å²) in [6, 6.07) is 13.1. The van der Waals surface area contributed by atoms with E-state index in [4.69, 9.17) is 21.1 Å². The lowest BCUT2D eigenvalue weighted by Crippen LogP contribution is -2.37. The molecule has 0 fully saturated rings. The van der Waals surface area contributed by atoms with Crippen LogP contribution in [0.25, 0.3) is 0 Å². The molecule has 1 N–H and O–H groups in total. The van der Waals surface area contributed by atoms with E-state index < -0.39 is 0 Å². The van der Waals surface area contributed by atoms with E-state index in [1.807, 2.05) is 36.4 Å². The molecular formula is C18H18ClNO3. The van der Waals surface area contributed by atoms with Crippen LogP contribution in [-0.2, 0) is 17.8 Å². The molecule has 2 aromatic carbocycles. The average molecular weight is 332 g/mol. The van der Waals surface area contributed by atoms with Crippen LogP contribution >= 0.6 is 11.6 Å². The number of amides is 1. The van der Waals surface area contributed by atoms with Gasteiger partial charge in [0.25, 0.3) is 0 Å². The highest BCUT2D eigenvalue weighted by Gasteiger charge is 2.26. The van der Waals surface area contributed by atoms with Gasteiger partial charge in [0.15, 0.2) is 0 Å². The lowest BCUT2D eigenvalue weighted by molar-refractivity contribution is -0.126. The number of ether oxygens (including phenoxy) is 2. The number of halogens is 1. The Morgan fingerprint density at radius 1 is 1.35 bits per heavy atom. The zero-order chi connectivity index (χ0) is 16.2. The second-order valence-corrected chi connectivity index (χ2v) is 5.93. The maximum Gasteiger partial charge on any atom is 0.227 e. The maximum atomic E-state index is 12.4. The molecule has 0 radical (unpaired) electrons. The molecule has 0 saturated heterocycles. The van der Waals surface area contributed by atoms with Crippen molar-refractivity contribution < 1.29 is 14.3 Å². The van der Waals surface area contributed by atoms with Gasteiger partial charge in [-0.3, -0.25) is 4.79 Å². The van der Waals surface area contributed by atoms with Crippen molar-refractivity contribution in [2.75, 3.05) is 13.7 Å². The smallest absolute Gasteiger partial charge is 0.227 e. The molecule has 2 aromatic rings. The van der Waals surface area contributed by atoms with Crippen molar-refractivity contribution in [1.29, 1.82) is 0 Å². The Hall–Kier alpha value is -2.20. The molecule has 0 unspecified atom stereocenters. The van der Waals surface area contributed by atoms with E-state index in [0.29, 0.717) is 24.6 Å². The highest BCUT2D eigenvalue weighted by atomic mass is 35.5. The van der Waals surface area contributed by atoms with Gasteiger partial charge in [-0.2, -0.15) is 0 Å². The highest BCUT2D eigenvalue weighted by molar-refractivity contribution is 6.30. The van der Waals surface area contributed by atoms with Crippen molar-refractivity contribution in [3.05, 3.63) is 58.6 Å². The number of methoxy groups -OCH3 is 1. The SMILES string of the molecule is COc1ccccc1CNC(=O)[C@H]1COc2ccc(Cl)cc2C1. The summed E-state index contributed by atoms with van der Waals surface area (Å²) in [6.07, 6.45) is 0.633. The van der Waals surface area contributed by atoms with E-state index >= 15 is 0 Å². The number of rotatable bonds is 4. The second kappa shape index (κ2) is 6.92. The summed E-state index contributed by atoms with van der Waals surface area (Å²) in [5.41, 5.74) is 1.92. The molecule has 23 heavy (non-hydrogen) atoms. The largest absolute Gasteiger partial charge is 0.496 e. The first-order valence-corrected chi connectivity index (χ1v) is 7.86. The van der Waals surface area contributed by atoms with Gasteiger partial charge in [-0.1, -0.05) is 29.8 Å². The van der Waals surface area contributed by atoms with Crippen molar-refractivity contribution in [2.24, 2.45) is 5.92 Å². The van der Waals surface area contributed by atoms with Crippen LogP contribution in [0.1, 0.15) is 11.1 Å². The van der Waals surface area contributed by atoms with Gasteiger partial charge in [0.1, 0.15) is 18.1 Å². The summed E-state index contributed by atoms with van der Waals surface area (Å²) < 4.78 is 11.0. The molecular weight excluding hydrogens is 314 g/mol. The molecule has 1 aliphatic rings. The predicted molar refractivity (Wildman–Crippen MR) is 89.0 cm³/mol. The minimum Gasteiger partial charge on any atom is -0.496 e. The summed E-state index contributed by atoms with van der Waals surface area (Å²) in [7, 11) is 1.62. The van der Waals surface area contributed by atoms with Crippen molar-refractivity contribution in [1.82, 2.24) is 5.32 Å². The molecule has 5 heteroatoms. The van der Waals surface area contributed by atoms with Crippen molar-refractivity contribution in [3.8, 4) is 11.5 Å². The Morgan fingerprint density at radius 2 is 2.17 bits per heavy atom. The number of benzene rings is 2. The van der Waals surface area contributed by atoms with Crippen molar-refractivity contribution in [3.63, 3.8) is 0 Å². The molecule has 0 saturated carbocycles. The Balaban J connectivity index is 1.63. The van der Waals surface area contributed by atoms with E-state index in [-0.39, 0.29) is 11.8 Å². The van der Waals surface area contributed by atoms with Crippen molar-refractivity contribution in [2.45, 2.75) is 13.0 Å². The Kier molecular flexibility index (Phi) is 4.72. The fourth-order valence-electron chi connectivity index (χ4n) is 2.71. The van der Waals surface area contributed by atoms with Crippen LogP contribution in [0.3, 0.4) is 0 Å². The number of hydrogen-bond donors (Lipinski definition) is 1. The molecule has 0 spiro atoms. The van der Waals surface area contributed by atoms with Crippen LogP contribution in [0.5, 0.6) is 11.5 Å². The van der Waals surface area contributed by atoms with Gasteiger partial charge in [-0.05, 0) is 36.2 Å². The van der Waals surface area contributed by atoms with Crippen molar-refractivity contribution >= 4 is 17.5 Å². The number of carbonyl (C=O) groups is 1. The molecule has 0 aliphatic carbocycles. The Bertz CT molecular complexity index is 717. The molecule has 0 bridgehead atoms. The van der Waals surface area contributed by atoms with Gasteiger partial charge in [-0.25, -0.2) is 0 Å². The number of carbonyl (C=O) groups excluding carboxylic acids is 1. The van der Waals surface area contributed by atoms with Gasteiger partial charge in [0.2, 0.25) is 5.91 Å². The zero-order valence-electron chi connectivity index (χ0n) is 12.8. The van der Waals surface area contributed by atoms with Crippen LogP contribution in [0, 0.1) is 5.92 Å². The first-order chi connectivity index (χ1) is 11.2. The van der Waals surface area contributed by atoms with Gasteiger partial charge in [-0.15, -0.1) is 0 Å². The van der Waals surface area contributed by atoms with Crippen LogP contribution in [0.2, 0.25) is 5.02 Å². The summed E-state index contributed by atoms with van der Waals surface area (Å²) >= 11 is 6.01. The summed E-state index contributed by atoms with van der Waals surface area (Å²) in [5, 5.41) is 3.61. The summed E-state index contributed by atoms with van der Waals surface area (Å²) in [4.78, 5) is 12.4. The Morgan fingerprint density at radius 3 is 3.00 bits per heavy atom. The summed E-state index contributed by atoms with van der Waals surface area (Å²) in [6.45, 7) is 0.814. The highest BCUT2D eigenvalue weighted by Crippen LogP contribution is 2.30. The minimum atomic E-state index is -0.212. The second-order valence-electron chi connectivity index (χ2n) is 5.49. The van der Waals surface area contributed by atoms with E-state index in [1.165, 1.54) is 0 Å². The first kappa shape index (κ1) is 15.7. The predicted octanol–water partition coefficient (Wildman–Crippen LogP) is 3.22. The monoisotopic (exact) mass is 331 g/mol. The fourth-order valence-corrected chi connectivity index (χ4v) is 2.90. The third-order valence-electron chi connectivity index (χ3n) is 3.95. The lowest BCUT2D eigenvalue weighted by Gasteiger charge is -2.24. The van der Waals surface area contributed by atoms with Gasteiger partial charge < -0.3 is 14.8 Å². The third kappa shape index (κ3) is 3.59. The number of fused-ring (bicyclic) bond motifs is 1. The number of hydrogen-bond acceptors (Lipinski definition) is 3. The third-order valence-corrected chi connectivity index (χ3v) is 4.18. The Labute approximate surface area is 140 Å². The van der Waals surface area contributed by atoms with E-state index in [1.54, 1.807) is 13.2 Å². The molecule has 3 rings (SSSR count). The fraction of sp³-hybridized carbons (Fsp3) is 0.278. The van der Waals surface area contributed by atoms with Crippen LogP contribution in [-0.4, -0.2) is 19.6 Å². The number of nitrogens with one attached hydrogen (secondary N) is 1. The topological polar surface area (TPSA) is 47.6 Å². The molecule has 0 aromatic heterocycles. The lowest BCUT2D eigenvalue weighted by atomic mass is 9.96. The first-order valence-electron chi connectivity index (χ1n) is 7.48. The average Bonchev–Trinajstić information content (AvgIpc) is 2.59. The molecule has 1 aliphatic heterocycles. The van der Waals surface area contributed by atoms with E-state index in [0.717, 1.165) is 22.6 Å². The molecule has 1 atom stereocenters. The van der Waals surface area contributed by atoms with E-state index in [2.05, 4.69) is 5.32 Å². The standard InChI is InChI=1S/C18H18ClNO3/c1-22-16-5-3-2-4-12(16)10-20-18(21)14-8-13-9-15(19)6-7-17(13)23-11-14/h2-7,9,14H,8,10-11H2,1H3,(H,20,21)/t14-/m1/s1. The molecule has 4 nitrogen and oxygen atoms in total. The van der Waals surface area contributed by atoms with Crippen LogP contribution in [0.4, 0.5) is 0 Å². The normalized spacial score (nSPS) is 16.2. The van der Waals surface area contributed by atoms with Crippen LogP contribution in [0.15, 0.2) is 42.5 Å². The molecule has 1 heterocycles. The van der Waals surface area contributed by atoms with Crippen LogP contribution < -0.4 is 14.8 Å². The van der Waals surface area contributed by atoms with Gasteiger partial charge in [0.05, 0.1) is 13.0 Å².